The van der Waals surface area contributed by atoms with Crippen molar-refractivity contribution >= 4 is 28.8 Å². The highest BCUT2D eigenvalue weighted by atomic mass is 16.5. The molecule has 1 amide bonds. The normalized spacial score (nSPS) is 13.6. The highest BCUT2D eigenvalue weighted by Gasteiger charge is 2.25. The summed E-state index contributed by atoms with van der Waals surface area (Å²) in [6, 6.07) is 25.9. The number of aromatic nitrogens is 3. The van der Waals surface area contributed by atoms with Crippen LogP contribution in [0.1, 0.15) is 5.56 Å². The van der Waals surface area contributed by atoms with Gasteiger partial charge in [0, 0.05) is 44.0 Å². The van der Waals surface area contributed by atoms with Gasteiger partial charge >= 0.3 is 0 Å². The molecule has 0 radical (unpaired) electrons. The van der Waals surface area contributed by atoms with E-state index in [2.05, 4.69) is 27.8 Å². The fourth-order valence-corrected chi connectivity index (χ4v) is 5.26. The Bertz CT molecular complexity index is 1690. The van der Waals surface area contributed by atoms with Crippen molar-refractivity contribution in [2.24, 2.45) is 0 Å². The quantitative estimate of drug-likeness (QED) is 0.253. The number of amides is 1. The second-order valence-corrected chi connectivity index (χ2v) is 9.77. The van der Waals surface area contributed by atoms with Gasteiger partial charge in [-0.25, -0.2) is 9.97 Å². The van der Waals surface area contributed by atoms with E-state index in [1.54, 1.807) is 26.6 Å². The summed E-state index contributed by atoms with van der Waals surface area (Å²) in [7, 11) is 3.31. The topological polar surface area (TPSA) is 72.7 Å². The number of ether oxygens (including phenoxy) is 2. The van der Waals surface area contributed by atoms with Crippen molar-refractivity contribution in [3.05, 3.63) is 103 Å². The van der Waals surface area contributed by atoms with E-state index in [4.69, 9.17) is 19.4 Å². The average Bonchev–Trinajstić information content (AvgIpc) is 3.44. The van der Waals surface area contributed by atoms with Crippen LogP contribution < -0.4 is 14.4 Å². The maximum absolute atomic E-state index is 13.0. The standard InChI is InChI=1S/C33H31N5O3/c1-40-26-15-12-24(13-16-26)14-17-30(39)36-18-20-37(21-19-36)32-31-27(25-8-4-3-5-9-25)22-38(33(31)35-23-34-32)28-10-6-7-11-29(28)41-2/h3-17,22-23H,18-21H2,1-2H3/b17-14+. The minimum absolute atomic E-state index is 0.000558. The predicted octanol–water partition coefficient (Wildman–Crippen LogP) is 5.47. The van der Waals surface area contributed by atoms with Crippen molar-refractivity contribution in [2.75, 3.05) is 45.3 Å². The van der Waals surface area contributed by atoms with Gasteiger partial charge in [0.05, 0.1) is 25.3 Å². The number of fused-ring (bicyclic) bond motifs is 1. The highest BCUT2D eigenvalue weighted by Crippen LogP contribution is 2.38. The molecule has 0 N–H and O–H groups in total. The summed E-state index contributed by atoms with van der Waals surface area (Å²) in [4.78, 5) is 26.6. The Balaban J connectivity index is 1.29. The molecule has 0 bridgehead atoms. The largest absolute Gasteiger partial charge is 0.497 e. The van der Waals surface area contributed by atoms with Gasteiger partial charge in [-0.1, -0.05) is 54.6 Å². The molecule has 6 rings (SSSR count). The summed E-state index contributed by atoms with van der Waals surface area (Å²) in [5, 5.41) is 0.976. The van der Waals surface area contributed by atoms with E-state index in [0.717, 1.165) is 50.7 Å². The van der Waals surface area contributed by atoms with Crippen molar-refractivity contribution in [3.8, 4) is 28.3 Å². The number of piperazine rings is 1. The van der Waals surface area contributed by atoms with Crippen LogP contribution in [0.2, 0.25) is 0 Å². The van der Waals surface area contributed by atoms with Crippen LogP contribution in [0.15, 0.2) is 97.5 Å². The van der Waals surface area contributed by atoms with Gasteiger partial charge in [-0.3, -0.25) is 9.36 Å². The second-order valence-electron chi connectivity index (χ2n) is 9.77. The lowest BCUT2D eigenvalue weighted by Crippen LogP contribution is -2.48. The fourth-order valence-electron chi connectivity index (χ4n) is 5.26. The molecular formula is C33H31N5O3. The van der Waals surface area contributed by atoms with Gasteiger partial charge in [0.2, 0.25) is 5.91 Å². The van der Waals surface area contributed by atoms with Crippen molar-refractivity contribution in [2.45, 2.75) is 0 Å². The molecule has 1 aliphatic rings. The lowest BCUT2D eigenvalue weighted by molar-refractivity contribution is -0.126. The lowest BCUT2D eigenvalue weighted by Gasteiger charge is -2.35. The van der Waals surface area contributed by atoms with E-state index >= 15 is 0 Å². The lowest BCUT2D eigenvalue weighted by atomic mass is 10.1. The number of methoxy groups -OCH3 is 2. The van der Waals surface area contributed by atoms with Crippen molar-refractivity contribution in [1.29, 1.82) is 0 Å². The molecule has 8 nitrogen and oxygen atoms in total. The molecule has 0 saturated carbocycles. The Morgan fingerprint density at radius 2 is 1.56 bits per heavy atom. The number of carbonyl (C=O) groups is 1. The monoisotopic (exact) mass is 545 g/mol. The van der Waals surface area contributed by atoms with Gasteiger partial charge in [-0.05, 0) is 41.5 Å². The van der Waals surface area contributed by atoms with Gasteiger partial charge in [0.15, 0.2) is 5.65 Å². The van der Waals surface area contributed by atoms with Crippen molar-refractivity contribution < 1.29 is 14.3 Å². The third-order valence-electron chi connectivity index (χ3n) is 7.42. The van der Waals surface area contributed by atoms with Crippen LogP contribution in [0.3, 0.4) is 0 Å². The van der Waals surface area contributed by atoms with E-state index in [1.165, 1.54) is 0 Å². The molecule has 0 spiro atoms. The summed E-state index contributed by atoms with van der Waals surface area (Å²) in [5.41, 5.74) is 4.79. The molecule has 206 valence electrons. The van der Waals surface area contributed by atoms with E-state index in [1.807, 2.05) is 77.7 Å². The molecule has 1 saturated heterocycles. The number of nitrogens with zero attached hydrogens (tertiary/aromatic N) is 5. The van der Waals surface area contributed by atoms with Crippen LogP contribution in [0.25, 0.3) is 33.9 Å². The number of rotatable bonds is 7. The number of hydrogen-bond acceptors (Lipinski definition) is 6. The van der Waals surface area contributed by atoms with E-state index in [0.29, 0.717) is 26.2 Å². The van der Waals surface area contributed by atoms with Crippen LogP contribution in [0.5, 0.6) is 11.5 Å². The van der Waals surface area contributed by atoms with Gasteiger partial charge in [0.25, 0.3) is 0 Å². The molecule has 1 fully saturated rings. The summed E-state index contributed by atoms with van der Waals surface area (Å²) in [6.45, 7) is 2.54. The molecule has 0 aliphatic carbocycles. The first-order valence-corrected chi connectivity index (χ1v) is 13.6. The molecule has 2 aromatic heterocycles. The zero-order valence-corrected chi connectivity index (χ0v) is 23.1. The molecular weight excluding hydrogens is 514 g/mol. The average molecular weight is 546 g/mol. The Hall–Kier alpha value is -5.11. The Morgan fingerprint density at radius 1 is 0.829 bits per heavy atom. The Morgan fingerprint density at radius 3 is 2.29 bits per heavy atom. The highest BCUT2D eigenvalue weighted by molar-refractivity contribution is 6.02. The van der Waals surface area contributed by atoms with E-state index in [-0.39, 0.29) is 5.91 Å². The molecule has 3 aromatic carbocycles. The summed E-state index contributed by atoms with van der Waals surface area (Å²) >= 11 is 0. The second kappa shape index (κ2) is 11.6. The first-order chi connectivity index (χ1) is 20.2. The summed E-state index contributed by atoms with van der Waals surface area (Å²) in [5.74, 6) is 2.42. The van der Waals surface area contributed by atoms with Crippen LogP contribution in [0, 0.1) is 0 Å². The van der Waals surface area contributed by atoms with Crippen LogP contribution in [0.4, 0.5) is 5.82 Å². The van der Waals surface area contributed by atoms with Crippen LogP contribution in [-0.2, 0) is 4.79 Å². The maximum Gasteiger partial charge on any atom is 0.246 e. The summed E-state index contributed by atoms with van der Waals surface area (Å²) < 4.78 is 13.0. The van der Waals surface area contributed by atoms with E-state index in [9.17, 15) is 4.79 Å². The minimum atomic E-state index is 0.000558. The number of para-hydroxylation sites is 2. The van der Waals surface area contributed by atoms with Crippen LogP contribution in [-0.4, -0.2) is 65.7 Å². The van der Waals surface area contributed by atoms with E-state index < -0.39 is 0 Å². The predicted molar refractivity (Wildman–Crippen MR) is 162 cm³/mol. The minimum Gasteiger partial charge on any atom is -0.497 e. The third-order valence-corrected chi connectivity index (χ3v) is 7.42. The fraction of sp³-hybridized carbons (Fsp3) is 0.182. The molecule has 5 aromatic rings. The first kappa shape index (κ1) is 26.1. The smallest absolute Gasteiger partial charge is 0.246 e. The molecule has 0 unspecified atom stereocenters. The zero-order chi connectivity index (χ0) is 28.2. The molecule has 0 atom stereocenters. The number of carbonyl (C=O) groups excluding carboxylic acids is 1. The number of benzene rings is 3. The van der Waals surface area contributed by atoms with Gasteiger partial charge in [-0.15, -0.1) is 0 Å². The third kappa shape index (κ3) is 5.24. The van der Waals surface area contributed by atoms with Crippen molar-refractivity contribution in [3.63, 3.8) is 0 Å². The molecule has 1 aliphatic heterocycles. The SMILES string of the molecule is COc1ccc(/C=C/C(=O)N2CCN(c3ncnc4c3c(-c3ccccc3)cn4-c3ccccc3OC)CC2)cc1. The Kier molecular flexibility index (Phi) is 7.36. The first-order valence-electron chi connectivity index (χ1n) is 13.6. The van der Waals surface area contributed by atoms with Crippen molar-refractivity contribution in [1.82, 2.24) is 19.4 Å². The Labute approximate surface area is 239 Å². The van der Waals surface area contributed by atoms with Gasteiger partial charge in [0.1, 0.15) is 23.6 Å². The molecule has 8 heteroatoms. The zero-order valence-electron chi connectivity index (χ0n) is 23.1. The molecule has 41 heavy (non-hydrogen) atoms. The van der Waals surface area contributed by atoms with Crippen LogP contribution >= 0.6 is 0 Å². The van der Waals surface area contributed by atoms with Gasteiger partial charge < -0.3 is 19.3 Å². The number of anilines is 1. The number of hydrogen-bond donors (Lipinski definition) is 0. The van der Waals surface area contributed by atoms with Gasteiger partial charge in [-0.2, -0.15) is 0 Å². The molecule has 3 heterocycles. The maximum atomic E-state index is 13.0. The summed E-state index contributed by atoms with van der Waals surface area (Å²) in [6.07, 6.45) is 7.21.